The Morgan fingerprint density at radius 1 is 1.52 bits per heavy atom. The number of aromatic nitrogens is 2. The Hall–Kier alpha value is -1.78. The molecule has 0 saturated carbocycles. The first-order chi connectivity index (χ1) is 9.73. The van der Waals surface area contributed by atoms with Crippen LogP contribution in [-0.2, 0) is 11.3 Å². The fraction of sp³-hybridized carbons (Fsp3) is 0.625. The van der Waals surface area contributed by atoms with E-state index in [0.717, 1.165) is 12.1 Å². The van der Waals surface area contributed by atoms with Gasteiger partial charge in [0.15, 0.2) is 0 Å². The highest BCUT2D eigenvalue weighted by molar-refractivity contribution is 5.68. The second-order valence-electron chi connectivity index (χ2n) is 6.59. The average molecular weight is 293 g/mol. The highest BCUT2D eigenvalue weighted by Crippen LogP contribution is 2.22. The second kappa shape index (κ2) is 7.29. The largest absolute Gasteiger partial charge is 0.444 e. The third-order valence-electron chi connectivity index (χ3n) is 2.83. The van der Waals surface area contributed by atoms with Gasteiger partial charge in [-0.15, -0.1) is 6.58 Å². The van der Waals surface area contributed by atoms with Crippen LogP contribution in [-0.4, -0.2) is 21.2 Å². The van der Waals surface area contributed by atoms with Crippen molar-refractivity contribution in [1.29, 1.82) is 0 Å². The number of allylic oxidation sites excluding steroid dienone is 1. The van der Waals surface area contributed by atoms with Gasteiger partial charge in [0.25, 0.3) is 0 Å². The Morgan fingerprint density at radius 2 is 2.19 bits per heavy atom. The number of ether oxygens (including phenoxy) is 1. The summed E-state index contributed by atoms with van der Waals surface area (Å²) in [6.07, 6.45) is 5.77. The summed E-state index contributed by atoms with van der Waals surface area (Å²) in [5, 5.41) is 2.95. The summed E-state index contributed by atoms with van der Waals surface area (Å²) in [4.78, 5) is 16.2. The van der Waals surface area contributed by atoms with Crippen LogP contribution in [0.5, 0.6) is 0 Å². The van der Waals surface area contributed by atoms with Crippen LogP contribution in [0.25, 0.3) is 0 Å². The van der Waals surface area contributed by atoms with Gasteiger partial charge in [-0.2, -0.15) is 0 Å². The SMILES string of the molecule is C=CCn1cncc1C(CC(C)C)NC(=O)OC(C)(C)C. The van der Waals surface area contributed by atoms with Crippen LogP contribution in [0.1, 0.15) is 52.8 Å². The molecule has 1 heterocycles. The molecule has 0 aromatic carbocycles. The summed E-state index contributed by atoms with van der Waals surface area (Å²) in [6.45, 7) is 14.2. The summed E-state index contributed by atoms with van der Waals surface area (Å²) >= 11 is 0. The lowest BCUT2D eigenvalue weighted by atomic mass is 10.0. The summed E-state index contributed by atoms with van der Waals surface area (Å²) < 4.78 is 7.33. The van der Waals surface area contributed by atoms with E-state index in [0.29, 0.717) is 12.5 Å². The monoisotopic (exact) mass is 293 g/mol. The van der Waals surface area contributed by atoms with E-state index in [1.807, 2.05) is 31.4 Å². The van der Waals surface area contributed by atoms with Crippen LogP contribution in [0.2, 0.25) is 0 Å². The van der Waals surface area contributed by atoms with Crippen LogP contribution in [0.4, 0.5) is 4.79 Å². The van der Waals surface area contributed by atoms with Crippen LogP contribution in [0, 0.1) is 5.92 Å². The Labute approximate surface area is 127 Å². The van der Waals surface area contributed by atoms with Crippen molar-refractivity contribution in [1.82, 2.24) is 14.9 Å². The Kier molecular flexibility index (Phi) is 6.00. The van der Waals surface area contributed by atoms with E-state index < -0.39 is 11.7 Å². The minimum Gasteiger partial charge on any atom is -0.444 e. The zero-order valence-corrected chi connectivity index (χ0v) is 13.7. The lowest BCUT2D eigenvalue weighted by molar-refractivity contribution is 0.0495. The van der Waals surface area contributed by atoms with E-state index in [2.05, 4.69) is 30.7 Å². The highest BCUT2D eigenvalue weighted by atomic mass is 16.6. The molecule has 0 aliphatic rings. The summed E-state index contributed by atoms with van der Waals surface area (Å²) in [5.41, 5.74) is 0.461. The van der Waals surface area contributed by atoms with E-state index in [1.54, 1.807) is 12.5 Å². The number of alkyl carbamates (subject to hydrolysis) is 1. The molecule has 0 aliphatic carbocycles. The molecule has 5 nitrogen and oxygen atoms in total. The molecular formula is C16H27N3O2. The van der Waals surface area contributed by atoms with Gasteiger partial charge in [0.1, 0.15) is 5.60 Å². The van der Waals surface area contributed by atoms with Gasteiger partial charge < -0.3 is 14.6 Å². The molecule has 1 atom stereocenters. The van der Waals surface area contributed by atoms with Crippen molar-refractivity contribution in [2.24, 2.45) is 5.92 Å². The molecule has 0 saturated heterocycles. The fourth-order valence-corrected chi connectivity index (χ4v) is 2.09. The molecule has 5 heteroatoms. The lowest BCUT2D eigenvalue weighted by Gasteiger charge is -2.25. The number of hydrogen-bond donors (Lipinski definition) is 1. The number of hydrogen-bond acceptors (Lipinski definition) is 3. The van der Waals surface area contributed by atoms with Gasteiger partial charge in [-0.25, -0.2) is 9.78 Å². The van der Waals surface area contributed by atoms with Crippen LogP contribution < -0.4 is 5.32 Å². The van der Waals surface area contributed by atoms with E-state index in [9.17, 15) is 4.79 Å². The molecule has 0 bridgehead atoms. The van der Waals surface area contributed by atoms with Gasteiger partial charge in [0.05, 0.1) is 24.3 Å². The standard InChI is InChI=1S/C16H27N3O2/c1-7-8-19-11-17-10-14(19)13(9-12(2)3)18-15(20)21-16(4,5)6/h7,10-13H,1,8-9H2,2-6H3,(H,18,20). The van der Waals surface area contributed by atoms with Crippen molar-refractivity contribution in [2.45, 2.75) is 59.2 Å². The molecule has 0 spiro atoms. The number of carbonyl (C=O) groups is 1. The number of nitrogens with one attached hydrogen (secondary N) is 1. The summed E-state index contributed by atoms with van der Waals surface area (Å²) in [6, 6.07) is -0.123. The van der Waals surface area contributed by atoms with Crippen LogP contribution in [0.3, 0.4) is 0 Å². The Bertz CT molecular complexity index is 472. The molecule has 0 aliphatic heterocycles. The van der Waals surface area contributed by atoms with Crippen molar-refractivity contribution in [3.63, 3.8) is 0 Å². The first-order valence-corrected chi connectivity index (χ1v) is 7.33. The van der Waals surface area contributed by atoms with E-state index in [1.165, 1.54) is 0 Å². The molecule has 0 radical (unpaired) electrons. The number of amides is 1. The molecule has 1 aromatic rings. The maximum atomic E-state index is 12.0. The van der Waals surface area contributed by atoms with Gasteiger partial charge in [-0.1, -0.05) is 19.9 Å². The molecule has 1 amide bonds. The smallest absolute Gasteiger partial charge is 0.408 e. The maximum Gasteiger partial charge on any atom is 0.408 e. The minimum atomic E-state index is -0.506. The van der Waals surface area contributed by atoms with Crippen molar-refractivity contribution >= 4 is 6.09 Å². The summed E-state index contributed by atoms with van der Waals surface area (Å²) in [5.74, 6) is 0.442. The highest BCUT2D eigenvalue weighted by Gasteiger charge is 2.23. The van der Waals surface area contributed by atoms with Crippen molar-refractivity contribution in [3.05, 3.63) is 30.9 Å². The van der Waals surface area contributed by atoms with Crippen LogP contribution >= 0.6 is 0 Å². The third-order valence-corrected chi connectivity index (χ3v) is 2.83. The zero-order valence-electron chi connectivity index (χ0n) is 13.7. The molecule has 1 unspecified atom stereocenters. The molecule has 1 rings (SSSR count). The van der Waals surface area contributed by atoms with Gasteiger partial charge in [0.2, 0.25) is 0 Å². The molecule has 118 valence electrons. The normalized spacial score (nSPS) is 13.0. The number of imidazole rings is 1. The van der Waals surface area contributed by atoms with E-state index >= 15 is 0 Å². The topological polar surface area (TPSA) is 56.2 Å². The number of nitrogens with zero attached hydrogens (tertiary/aromatic N) is 2. The Balaban J connectivity index is 2.87. The molecule has 21 heavy (non-hydrogen) atoms. The van der Waals surface area contributed by atoms with Crippen LogP contribution in [0.15, 0.2) is 25.2 Å². The van der Waals surface area contributed by atoms with Crippen molar-refractivity contribution in [3.8, 4) is 0 Å². The van der Waals surface area contributed by atoms with Gasteiger partial charge in [-0.05, 0) is 33.1 Å². The predicted octanol–water partition coefficient (Wildman–Crippen LogP) is 3.68. The minimum absolute atomic E-state index is 0.123. The number of carbonyl (C=O) groups excluding carboxylic acids is 1. The first-order valence-electron chi connectivity index (χ1n) is 7.33. The molecule has 1 aromatic heterocycles. The number of rotatable bonds is 6. The van der Waals surface area contributed by atoms with E-state index in [4.69, 9.17) is 4.74 Å². The molecule has 0 fully saturated rings. The predicted molar refractivity (Wildman–Crippen MR) is 84.0 cm³/mol. The molecule has 1 N–H and O–H groups in total. The van der Waals surface area contributed by atoms with Crippen molar-refractivity contribution in [2.75, 3.05) is 0 Å². The van der Waals surface area contributed by atoms with Gasteiger partial charge in [0, 0.05) is 6.54 Å². The van der Waals surface area contributed by atoms with E-state index in [-0.39, 0.29) is 6.04 Å². The van der Waals surface area contributed by atoms with Gasteiger partial charge in [-0.3, -0.25) is 0 Å². The lowest BCUT2D eigenvalue weighted by Crippen LogP contribution is -2.36. The molecular weight excluding hydrogens is 266 g/mol. The fourth-order valence-electron chi connectivity index (χ4n) is 2.09. The first kappa shape index (κ1) is 17.3. The quantitative estimate of drug-likeness (QED) is 0.814. The zero-order chi connectivity index (χ0) is 16.0. The third kappa shape index (κ3) is 6.02. The second-order valence-corrected chi connectivity index (χ2v) is 6.59. The summed E-state index contributed by atoms with van der Waals surface area (Å²) in [7, 11) is 0. The van der Waals surface area contributed by atoms with Gasteiger partial charge >= 0.3 is 6.09 Å². The maximum absolute atomic E-state index is 12.0. The van der Waals surface area contributed by atoms with Crippen molar-refractivity contribution < 1.29 is 9.53 Å². The average Bonchev–Trinajstić information content (AvgIpc) is 2.73. The Morgan fingerprint density at radius 3 is 2.71 bits per heavy atom.